The van der Waals surface area contributed by atoms with Crippen molar-refractivity contribution in [2.24, 2.45) is 0 Å². The van der Waals surface area contributed by atoms with E-state index in [4.69, 9.17) is 0 Å². The molecule has 0 heterocycles. The van der Waals surface area contributed by atoms with Gasteiger partial charge in [0.1, 0.15) is 0 Å². The van der Waals surface area contributed by atoms with Gasteiger partial charge < -0.3 is 5.32 Å². The quantitative estimate of drug-likeness (QED) is 0.895. The van der Waals surface area contributed by atoms with Gasteiger partial charge in [-0.3, -0.25) is 4.79 Å². The first-order valence-corrected chi connectivity index (χ1v) is 9.36. The number of rotatable bonds is 4. The highest BCUT2D eigenvalue weighted by atomic mass is 32.2. The Labute approximate surface area is 142 Å². The van der Waals surface area contributed by atoms with Gasteiger partial charge in [-0.15, -0.1) is 0 Å². The Morgan fingerprint density at radius 2 is 1.79 bits per heavy atom. The molecule has 6 heteroatoms. The van der Waals surface area contributed by atoms with Gasteiger partial charge in [0.2, 0.25) is 10.0 Å². The first kappa shape index (κ1) is 16.7. The molecule has 24 heavy (non-hydrogen) atoms. The number of hydrogen-bond acceptors (Lipinski definition) is 3. The van der Waals surface area contributed by atoms with Gasteiger partial charge in [0, 0.05) is 11.3 Å². The molecular formula is C18H20N2O3S. The van der Waals surface area contributed by atoms with Crippen molar-refractivity contribution in [3.63, 3.8) is 0 Å². The maximum Gasteiger partial charge on any atom is 0.255 e. The summed E-state index contributed by atoms with van der Waals surface area (Å²) in [6.07, 6.45) is 3.24. The molecule has 2 N–H and O–H groups in total. The Morgan fingerprint density at radius 1 is 1.04 bits per heavy atom. The Kier molecular flexibility index (Phi) is 4.43. The lowest BCUT2D eigenvalue weighted by atomic mass is 10.1. The number of carbonyl (C=O) groups is 1. The Hall–Kier alpha value is -2.18. The van der Waals surface area contributed by atoms with Crippen LogP contribution in [0.2, 0.25) is 0 Å². The highest BCUT2D eigenvalue weighted by molar-refractivity contribution is 7.89. The molecule has 1 aliphatic carbocycles. The van der Waals surface area contributed by atoms with Gasteiger partial charge in [0.05, 0.1) is 4.90 Å². The van der Waals surface area contributed by atoms with Crippen LogP contribution in [0.3, 0.4) is 0 Å². The van der Waals surface area contributed by atoms with E-state index in [1.54, 1.807) is 19.1 Å². The van der Waals surface area contributed by atoms with E-state index in [2.05, 4.69) is 10.0 Å². The van der Waals surface area contributed by atoms with Crippen LogP contribution in [0.25, 0.3) is 0 Å². The van der Waals surface area contributed by atoms with Gasteiger partial charge in [-0.1, -0.05) is 6.07 Å². The number of carbonyl (C=O) groups excluding carboxylic acids is 1. The first-order valence-electron chi connectivity index (χ1n) is 7.88. The minimum atomic E-state index is -3.50. The maximum absolute atomic E-state index is 12.4. The number of aryl methyl sites for hydroxylation is 3. The molecule has 0 radical (unpaired) electrons. The van der Waals surface area contributed by atoms with Gasteiger partial charge in [-0.2, -0.15) is 0 Å². The molecule has 2 aromatic carbocycles. The zero-order chi connectivity index (χ0) is 17.3. The highest BCUT2D eigenvalue weighted by Gasteiger charge is 2.16. The molecule has 0 unspecified atom stereocenters. The van der Waals surface area contributed by atoms with Crippen LogP contribution < -0.4 is 10.0 Å². The number of anilines is 1. The van der Waals surface area contributed by atoms with Crippen molar-refractivity contribution in [1.29, 1.82) is 0 Å². The number of nitrogens with one attached hydrogen (secondary N) is 2. The number of benzene rings is 2. The third-order valence-corrected chi connectivity index (χ3v) is 5.93. The topological polar surface area (TPSA) is 75.3 Å². The summed E-state index contributed by atoms with van der Waals surface area (Å²) in [6.45, 7) is 1.70. The predicted molar refractivity (Wildman–Crippen MR) is 93.8 cm³/mol. The molecular weight excluding hydrogens is 324 g/mol. The van der Waals surface area contributed by atoms with Crippen molar-refractivity contribution in [3.05, 3.63) is 58.7 Å². The van der Waals surface area contributed by atoms with E-state index in [-0.39, 0.29) is 10.8 Å². The smallest absolute Gasteiger partial charge is 0.255 e. The summed E-state index contributed by atoms with van der Waals surface area (Å²) in [7, 11) is -2.12. The fraction of sp³-hybridized carbons (Fsp3) is 0.278. The summed E-state index contributed by atoms with van der Waals surface area (Å²) in [4.78, 5) is 12.6. The molecule has 1 aliphatic rings. The third kappa shape index (κ3) is 3.20. The minimum absolute atomic E-state index is 0.187. The zero-order valence-corrected chi connectivity index (χ0v) is 14.5. The number of hydrogen-bond donors (Lipinski definition) is 2. The van der Waals surface area contributed by atoms with Crippen LogP contribution in [0.5, 0.6) is 0 Å². The van der Waals surface area contributed by atoms with E-state index in [0.29, 0.717) is 16.8 Å². The molecule has 0 saturated heterocycles. The molecule has 0 atom stereocenters. The SMILES string of the molecule is CNS(=O)(=O)c1ccc(NC(=O)c2ccc3c(c2)CCC3)cc1C. The van der Waals surface area contributed by atoms with Crippen LogP contribution >= 0.6 is 0 Å². The van der Waals surface area contributed by atoms with Crippen LogP contribution in [0.15, 0.2) is 41.3 Å². The fourth-order valence-electron chi connectivity index (χ4n) is 3.05. The molecule has 0 fully saturated rings. The molecule has 2 aromatic rings. The summed E-state index contributed by atoms with van der Waals surface area (Å²) in [5.41, 5.74) is 4.35. The second kappa shape index (κ2) is 6.37. The van der Waals surface area contributed by atoms with Gasteiger partial charge in [-0.25, -0.2) is 13.1 Å². The third-order valence-electron chi connectivity index (χ3n) is 4.35. The van der Waals surface area contributed by atoms with Gasteiger partial charge >= 0.3 is 0 Å². The molecule has 5 nitrogen and oxygen atoms in total. The van der Waals surface area contributed by atoms with Crippen molar-refractivity contribution in [1.82, 2.24) is 4.72 Å². The molecule has 0 aliphatic heterocycles. The second-order valence-electron chi connectivity index (χ2n) is 5.98. The Morgan fingerprint density at radius 3 is 2.50 bits per heavy atom. The van der Waals surface area contributed by atoms with Crippen molar-refractivity contribution in [3.8, 4) is 0 Å². The molecule has 0 saturated carbocycles. The Balaban J connectivity index is 1.81. The first-order chi connectivity index (χ1) is 11.4. The van der Waals surface area contributed by atoms with Crippen LogP contribution in [0, 0.1) is 6.92 Å². The average Bonchev–Trinajstić information content (AvgIpc) is 3.02. The summed E-state index contributed by atoms with van der Waals surface area (Å²) in [6, 6.07) is 10.6. The molecule has 3 rings (SSSR count). The average molecular weight is 344 g/mol. The van der Waals surface area contributed by atoms with Crippen molar-refractivity contribution in [2.45, 2.75) is 31.1 Å². The van der Waals surface area contributed by atoms with Crippen LogP contribution in [0.1, 0.15) is 33.5 Å². The standard InChI is InChI=1S/C18H20N2O3S/c1-12-10-16(8-9-17(12)24(22,23)19-2)20-18(21)15-7-6-13-4-3-5-14(13)11-15/h6-11,19H,3-5H2,1-2H3,(H,20,21). The predicted octanol–water partition coefficient (Wildman–Crippen LogP) is 2.64. The minimum Gasteiger partial charge on any atom is -0.322 e. The fourth-order valence-corrected chi connectivity index (χ4v) is 4.00. The molecule has 126 valence electrons. The summed E-state index contributed by atoms with van der Waals surface area (Å²) < 4.78 is 26.1. The molecule has 0 bridgehead atoms. The van der Waals surface area contributed by atoms with E-state index in [9.17, 15) is 13.2 Å². The van der Waals surface area contributed by atoms with Crippen molar-refractivity contribution >= 4 is 21.6 Å². The number of amides is 1. The maximum atomic E-state index is 12.4. The lowest BCUT2D eigenvalue weighted by molar-refractivity contribution is 0.102. The van der Waals surface area contributed by atoms with E-state index < -0.39 is 10.0 Å². The van der Waals surface area contributed by atoms with Crippen molar-refractivity contribution < 1.29 is 13.2 Å². The molecule has 1 amide bonds. The van der Waals surface area contributed by atoms with Crippen LogP contribution in [-0.2, 0) is 22.9 Å². The monoisotopic (exact) mass is 344 g/mol. The van der Waals surface area contributed by atoms with Gasteiger partial charge in [0.15, 0.2) is 0 Å². The van der Waals surface area contributed by atoms with Crippen LogP contribution in [-0.4, -0.2) is 21.4 Å². The van der Waals surface area contributed by atoms with E-state index in [1.165, 1.54) is 24.2 Å². The van der Waals surface area contributed by atoms with E-state index in [1.807, 2.05) is 18.2 Å². The molecule has 0 spiro atoms. The lowest BCUT2D eigenvalue weighted by Gasteiger charge is -2.10. The number of sulfonamides is 1. The summed E-state index contributed by atoms with van der Waals surface area (Å²) >= 11 is 0. The highest BCUT2D eigenvalue weighted by Crippen LogP contribution is 2.24. The Bertz CT molecular complexity index is 904. The lowest BCUT2D eigenvalue weighted by Crippen LogP contribution is -2.20. The van der Waals surface area contributed by atoms with Crippen molar-refractivity contribution in [2.75, 3.05) is 12.4 Å². The molecule has 0 aromatic heterocycles. The van der Waals surface area contributed by atoms with Gasteiger partial charge in [0.25, 0.3) is 5.91 Å². The zero-order valence-electron chi connectivity index (χ0n) is 13.7. The number of fused-ring (bicyclic) bond motifs is 1. The summed E-state index contributed by atoms with van der Waals surface area (Å²) in [5.74, 6) is -0.187. The second-order valence-corrected chi connectivity index (χ2v) is 7.83. The largest absolute Gasteiger partial charge is 0.322 e. The van der Waals surface area contributed by atoms with Crippen LogP contribution in [0.4, 0.5) is 5.69 Å². The normalized spacial score (nSPS) is 13.6. The van der Waals surface area contributed by atoms with Gasteiger partial charge in [-0.05, 0) is 80.3 Å². The summed E-state index contributed by atoms with van der Waals surface area (Å²) in [5, 5.41) is 2.83. The van der Waals surface area contributed by atoms with E-state index >= 15 is 0 Å². The van der Waals surface area contributed by atoms with E-state index in [0.717, 1.165) is 19.3 Å².